The minimum atomic E-state index is -0.228. The molecule has 16 heavy (non-hydrogen) atoms. The summed E-state index contributed by atoms with van der Waals surface area (Å²) in [5.74, 6) is 0.353. The van der Waals surface area contributed by atoms with Crippen LogP contribution in [0.15, 0.2) is 35.1 Å². The van der Waals surface area contributed by atoms with Gasteiger partial charge in [0.15, 0.2) is 0 Å². The largest absolute Gasteiger partial charge is 0.469 e. The van der Waals surface area contributed by atoms with Gasteiger partial charge in [0.1, 0.15) is 10.9 Å². The van der Waals surface area contributed by atoms with Crippen molar-refractivity contribution in [1.82, 2.24) is 4.98 Å². The Morgan fingerprint density at radius 1 is 1.50 bits per heavy atom. The van der Waals surface area contributed by atoms with Gasteiger partial charge in [-0.25, -0.2) is 4.98 Å². The second-order valence-corrected chi connectivity index (χ2v) is 3.60. The van der Waals surface area contributed by atoms with Crippen molar-refractivity contribution >= 4 is 23.2 Å². The molecule has 0 saturated heterocycles. The third-order valence-corrected chi connectivity index (χ3v) is 2.29. The van der Waals surface area contributed by atoms with E-state index in [0.29, 0.717) is 22.2 Å². The number of hydrogen-bond acceptors (Lipinski definition) is 3. The van der Waals surface area contributed by atoms with Gasteiger partial charge in [-0.15, -0.1) is 0 Å². The molecule has 2 aromatic rings. The predicted molar refractivity (Wildman–Crippen MR) is 60.6 cm³/mol. The highest BCUT2D eigenvalue weighted by Crippen LogP contribution is 2.15. The summed E-state index contributed by atoms with van der Waals surface area (Å²) in [4.78, 5) is 15.6. The van der Waals surface area contributed by atoms with Gasteiger partial charge in [-0.2, -0.15) is 0 Å². The average Bonchev–Trinajstić information content (AvgIpc) is 2.64. The number of nitrogens with zero attached hydrogens (tertiary/aromatic N) is 1. The monoisotopic (exact) mass is 236 g/mol. The Morgan fingerprint density at radius 2 is 2.31 bits per heavy atom. The van der Waals surface area contributed by atoms with E-state index in [1.54, 1.807) is 25.1 Å². The smallest absolute Gasteiger partial charge is 0.259 e. The molecule has 5 heteroatoms. The molecule has 0 spiro atoms. The highest BCUT2D eigenvalue weighted by atomic mass is 35.5. The number of halogens is 1. The molecule has 0 bridgehead atoms. The zero-order valence-electron chi connectivity index (χ0n) is 8.53. The first kappa shape index (κ1) is 10.7. The van der Waals surface area contributed by atoms with E-state index in [0.717, 1.165) is 0 Å². The highest BCUT2D eigenvalue weighted by molar-refractivity contribution is 6.29. The molecule has 1 amide bonds. The van der Waals surface area contributed by atoms with E-state index < -0.39 is 0 Å². The quantitative estimate of drug-likeness (QED) is 0.816. The van der Waals surface area contributed by atoms with E-state index in [1.807, 2.05) is 0 Å². The topological polar surface area (TPSA) is 55.1 Å². The number of aryl methyl sites for hydroxylation is 1. The van der Waals surface area contributed by atoms with Crippen LogP contribution in [-0.2, 0) is 0 Å². The van der Waals surface area contributed by atoms with Crippen molar-refractivity contribution in [3.63, 3.8) is 0 Å². The van der Waals surface area contributed by atoms with Crippen LogP contribution < -0.4 is 5.32 Å². The van der Waals surface area contributed by atoms with Crippen LogP contribution in [0.1, 0.15) is 16.1 Å². The Kier molecular flexibility index (Phi) is 2.92. The molecule has 0 saturated carbocycles. The fourth-order valence-electron chi connectivity index (χ4n) is 1.30. The van der Waals surface area contributed by atoms with Crippen LogP contribution in [0.4, 0.5) is 5.69 Å². The molecule has 0 aliphatic rings. The molecule has 0 fully saturated rings. The van der Waals surface area contributed by atoms with Gasteiger partial charge >= 0.3 is 0 Å². The molecular formula is C11H9ClN2O2. The van der Waals surface area contributed by atoms with Gasteiger partial charge in [-0.1, -0.05) is 11.6 Å². The normalized spacial score (nSPS) is 10.1. The minimum Gasteiger partial charge on any atom is -0.469 e. The van der Waals surface area contributed by atoms with Crippen molar-refractivity contribution in [3.05, 3.63) is 47.1 Å². The van der Waals surface area contributed by atoms with Gasteiger partial charge in [0.25, 0.3) is 5.91 Å². The summed E-state index contributed by atoms with van der Waals surface area (Å²) in [7, 11) is 0. The predicted octanol–water partition coefficient (Wildman–Crippen LogP) is 2.89. The van der Waals surface area contributed by atoms with Crippen LogP contribution in [0, 0.1) is 6.92 Å². The highest BCUT2D eigenvalue weighted by Gasteiger charge is 2.11. The van der Waals surface area contributed by atoms with Crippen LogP contribution in [0.2, 0.25) is 5.15 Å². The Morgan fingerprint density at radius 3 is 2.94 bits per heavy atom. The van der Waals surface area contributed by atoms with Crippen LogP contribution in [0.25, 0.3) is 0 Å². The van der Waals surface area contributed by atoms with Crippen molar-refractivity contribution in [2.24, 2.45) is 0 Å². The van der Waals surface area contributed by atoms with Gasteiger partial charge in [0, 0.05) is 11.9 Å². The summed E-state index contributed by atoms with van der Waals surface area (Å²) in [5.41, 5.74) is 1.11. The average molecular weight is 237 g/mol. The third kappa shape index (κ3) is 2.23. The molecule has 0 atom stereocenters. The zero-order valence-corrected chi connectivity index (χ0v) is 9.28. The number of nitrogens with one attached hydrogen (secondary N) is 1. The van der Waals surface area contributed by atoms with E-state index in [9.17, 15) is 4.79 Å². The molecule has 0 aromatic carbocycles. The molecule has 0 aliphatic carbocycles. The summed E-state index contributed by atoms with van der Waals surface area (Å²) in [6.45, 7) is 1.73. The SMILES string of the molecule is Cc1occc1C(=O)Nc1ccnc(Cl)c1. The fourth-order valence-corrected chi connectivity index (χ4v) is 1.47. The van der Waals surface area contributed by atoms with E-state index in [4.69, 9.17) is 16.0 Å². The molecule has 0 radical (unpaired) electrons. The Labute approximate surface area is 97.2 Å². The molecule has 2 rings (SSSR count). The van der Waals surface area contributed by atoms with Gasteiger partial charge in [-0.3, -0.25) is 4.79 Å². The Balaban J connectivity index is 2.17. The van der Waals surface area contributed by atoms with E-state index in [2.05, 4.69) is 10.3 Å². The summed E-state index contributed by atoms with van der Waals surface area (Å²) >= 11 is 5.70. The molecule has 2 heterocycles. The molecular weight excluding hydrogens is 228 g/mol. The van der Waals surface area contributed by atoms with Gasteiger partial charge < -0.3 is 9.73 Å². The van der Waals surface area contributed by atoms with Crippen molar-refractivity contribution < 1.29 is 9.21 Å². The van der Waals surface area contributed by atoms with Gasteiger partial charge in [0.05, 0.1) is 11.8 Å². The molecule has 4 nitrogen and oxygen atoms in total. The Hall–Kier alpha value is -1.81. The summed E-state index contributed by atoms with van der Waals surface area (Å²) < 4.78 is 5.05. The van der Waals surface area contributed by atoms with Crippen LogP contribution in [-0.4, -0.2) is 10.9 Å². The number of anilines is 1. The second-order valence-electron chi connectivity index (χ2n) is 3.21. The molecule has 0 aliphatic heterocycles. The lowest BCUT2D eigenvalue weighted by Gasteiger charge is -2.03. The first-order valence-electron chi connectivity index (χ1n) is 4.64. The van der Waals surface area contributed by atoms with Gasteiger partial charge in [-0.05, 0) is 25.1 Å². The zero-order chi connectivity index (χ0) is 11.5. The maximum atomic E-state index is 11.8. The third-order valence-electron chi connectivity index (χ3n) is 2.09. The number of carbonyl (C=O) groups is 1. The number of rotatable bonds is 2. The van der Waals surface area contributed by atoms with Crippen LogP contribution >= 0.6 is 11.6 Å². The summed E-state index contributed by atoms with van der Waals surface area (Å²) in [5, 5.41) is 3.04. The van der Waals surface area contributed by atoms with Crippen molar-refractivity contribution in [2.75, 3.05) is 5.32 Å². The summed E-state index contributed by atoms with van der Waals surface area (Å²) in [6, 6.07) is 4.86. The first-order chi connectivity index (χ1) is 7.66. The number of aromatic nitrogens is 1. The van der Waals surface area contributed by atoms with E-state index in [-0.39, 0.29) is 5.91 Å². The van der Waals surface area contributed by atoms with Crippen molar-refractivity contribution in [1.29, 1.82) is 0 Å². The number of hydrogen-bond donors (Lipinski definition) is 1. The number of amides is 1. The first-order valence-corrected chi connectivity index (χ1v) is 5.01. The number of furan rings is 1. The lowest BCUT2D eigenvalue weighted by Crippen LogP contribution is -2.12. The molecule has 2 aromatic heterocycles. The number of carbonyl (C=O) groups excluding carboxylic acids is 1. The second kappa shape index (κ2) is 4.37. The Bertz CT molecular complexity index is 522. The van der Waals surface area contributed by atoms with E-state index >= 15 is 0 Å². The van der Waals surface area contributed by atoms with E-state index in [1.165, 1.54) is 12.5 Å². The minimum absolute atomic E-state index is 0.228. The lowest BCUT2D eigenvalue weighted by molar-refractivity contribution is 0.102. The maximum absolute atomic E-state index is 11.8. The van der Waals surface area contributed by atoms with Crippen LogP contribution in [0.5, 0.6) is 0 Å². The van der Waals surface area contributed by atoms with Crippen molar-refractivity contribution in [3.8, 4) is 0 Å². The molecule has 0 unspecified atom stereocenters. The lowest BCUT2D eigenvalue weighted by atomic mass is 10.2. The van der Waals surface area contributed by atoms with Crippen molar-refractivity contribution in [2.45, 2.75) is 6.92 Å². The standard InChI is InChI=1S/C11H9ClN2O2/c1-7-9(3-5-16-7)11(15)14-8-2-4-13-10(12)6-8/h2-6H,1H3,(H,13,14,15). The maximum Gasteiger partial charge on any atom is 0.259 e. The molecule has 82 valence electrons. The number of pyridine rings is 1. The van der Waals surface area contributed by atoms with Gasteiger partial charge in [0.2, 0.25) is 0 Å². The fraction of sp³-hybridized carbons (Fsp3) is 0.0909. The van der Waals surface area contributed by atoms with Crippen LogP contribution in [0.3, 0.4) is 0 Å². The molecule has 1 N–H and O–H groups in total. The summed E-state index contributed by atoms with van der Waals surface area (Å²) in [6.07, 6.45) is 3.00.